The molecule has 0 amide bonds. The predicted molar refractivity (Wildman–Crippen MR) is 77.3 cm³/mol. The van der Waals surface area contributed by atoms with Gasteiger partial charge in [0.2, 0.25) is 0 Å². The summed E-state index contributed by atoms with van der Waals surface area (Å²) in [5.41, 5.74) is 6.50. The Bertz CT molecular complexity index is 375. The molecule has 1 rings (SSSR count). The normalized spacial score (nSPS) is 12.5. The first-order valence-electron chi connectivity index (χ1n) is 6.11. The number of aromatic nitrogens is 1. The molecule has 3 N–H and O–H groups in total. The highest BCUT2D eigenvalue weighted by Crippen LogP contribution is 2.19. The molecule has 0 aromatic carbocycles. The van der Waals surface area contributed by atoms with E-state index in [9.17, 15) is 0 Å². The Morgan fingerprint density at radius 2 is 2.12 bits per heavy atom. The molecule has 0 aliphatic rings. The molecular weight excluding hydrogens is 230 g/mol. The summed E-state index contributed by atoms with van der Waals surface area (Å²) in [4.78, 5) is 4.70. The third kappa shape index (κ3) is 3.66. The van der Waals surface area contributed by atoms with Gasteiger partial charge in [0.05, 0.1) is 5.56 Å². The molecule has 0 bridgehead atoms. The summed E-state index contributed by atoms with van der Waals surface area (Å²) in [5, 5.41) is 3.42. The SMILES string of the molecule is CCC(CC)C(C)Nc1ncccc1C(N)=S. The van der Waals surface area contributed by atoms with Crippen LogP contribution in [-0.2, 0) is 0 Å². The van der Waals surface area contributed by atoms with Crippen LogP contribution in [0.25, 0.3) is 0 Å². The van der Waals surface area contributed by atoms with Crippen LogP contribution >= 0.6 is 12.2 Å². The average Bonchev–Trinajstić information content (AvgIpc) is 2.31. The Balaban J connectivity index is 2.84. The zero-order valence-corrected chi connectivity index (χ0v) is 11.6. The highest BCUT2D eigenvalue weighted by molar-refractivity contribution is 7.80. The van der Waals surface area contributed by atoms with Gasteiger partial charge in [0.1, 0.15) is 10.8 Å². The lowest BCUT2D eigenvalue weighted by atomic mass is 9.95. The molecule has 1 heterocycles. The molecule has 17 heavy (non-hydrogen) atoms. The molecule has 1 aromatic rings. The van der Waals surface area contributed by atoms with E-state index in [-0.39, 0.29) is 0 Å². The second-order valence-electron chi connectivity index (χ2n) is 4.27. The molecule has 0 fully saturated rings. The van der Waals surface area contributed by atoms with Gasteiger partial charge in [-0.1, -0.05) is 38.9 Å². The summed E-state index contributed by atoms with van der Waals surface area (Å²) in [6, 6.07) is 4.12. The van der Waals surface area contributed by atoms with E-state index in [0.29, 0.717) is 16.9 Å². The van der Waals surface area contributed by atoms with Crippen molar-refractivity contribution < 1.29 is 0 Å². The summed E-state index contributed by atoms with van der Waals surface area (Å²) in [6.45, 7) is 6.59. The number of hydrogen-bond donors (Lipinski definition) is 2. The van der Waals surface area contributed by atoms with Crippen LogP contribution in [0.1, 0.15) is 39.2 Å². The van der Waals surface area contributed by atoms with Gasteiger partial charge in [-0.15, -0.1) is 0 Å². The fourth-order valence-corrected chi connectivity index (χ4v) is 2.21. The number of rotatable bonds is 6. The number of hydrogen-bond acceptors (Lipinski definition) is 3. The van der Waals surface area contributed by atoms with Crippen LogP contribution in [0.4, 0.5) is 5.82 Å². The highest BCUT2D eigenvalue weighted by atomic mass is 32.1. The lowest BCUT2D eigenvalue weighted by Gasteiger charge is -2.24. The van der Waals surface area contributed by atoms with Crippen LogP contribution in [0, 0.1) is 5.92 Å². The largest absolute Gasteiger partial charge is 0.389 e. The van der Waals surface area contributed by atoms with E-state index in [1.165, 1.54) is 0 Å². The van der Waals surface area contributed by atoms with Crippen molar-refractivity contribution in [1.29, 1.82) is 0 Å². The van der Waals surface area contributed by atoms with Crippen LogP contribution in [0.3, 0.4) is 0 Å². The molecule has 0 radical (unpaired) electrons. The first-order chi connectivity index (χ1) is 8.10. The molecule has 3 nitrogen and oxygen atoms in total. The van der Waals surface area contributed by atoms with Crippen molar-refractivity contribution >= 4 is 23.0 Å². The number of nitrogens with one attached hydrogen (secondary N) is 1. The number of nitrogens with two attached hydrogens (primary N) is 1. The van der Waals surface area contributed by atoms with E-state index in [0.717, 1.165) is 24.2 Å². The van der Waals surface area contributed by atoms with Crippen molar-refractivity contribution in [3.63, 3.8) is 0 Å². The number of anilines is 1. The van der Waals surface area contributed by atoms with Crippen LogP contribution in [0.15, 0.2) is 18.3 Å². The summed E-state index contributed by atoms with van der Waals surface area (Å²) in [7, 11) is 0. The van der Waals surface area contributed by atoms with Gasteiger partial charge in [0.15, 0.2) is 0 Å². The van der Waals surface area contributed by atoms with Crippen LogP contribution in [-0.4, -0.2) is 16.0 Å². The summed E-state index contributed by atoms with van der Waals surface area (Å²) in [6.07, 6.45) is 4.06. The minimum atomic E-state index is 0.369. The fraction of sp³-hybridized carbons (Fsp3) is 0.538. The quantitative estimate of drug-likeness (QED) is 0.763. The van der Waals surface area contributed by atoms with Gasteiger partial charge in [0, 0.05) is 12.2 Å². The van der Waals surface area contributed by atoms with Gasteiger partial charge < -0.3 is 11.1 Å². The lowest BCUT2D eigenvalue weighted by Crippen LogP contribution is -2.27. The number of thiocarbonyl (C=S) groups is 1. The van der Waals surface area contributed by atoms with Crippen molar-refractivity contribution in [1.82, 2.24) is 4.98 Å². The van der Waals surface area contributed by atoms with Gasteiger partial charge in [-0.3, -0.25) is 0 Å². The summed E-state index contributed by atoms with van der Waals surface area (Å²) in [5.74, 6) is 1.43. The maximum atomic E-state index is 5.68. The average molecular weight is 251 g/mol. The molecule has 94 valence electrons. The molecule has 4 heteroatoms. The Morgan fingerprint density at radius 3 is 2.65 bits per heavy atom. The lowest BCUT2D eigenvalue weighted by molar-refractivity contribution is 0.437. The summed E-state index contributed by atoms with van der Waals surface area (Å²) >= 11 is 5.02. The van der Waals surface area contributed by atoms with Crippen LogP contribution < -0.4 is 11.1 Å². The molecule has 1 atom stereocenters. The molecule has 0 aliphatic heterocycles. The van der Waals surface area contributed by atoms with E-state index in [1.54, 1.807) is 6.20 Å². The van der Waals surface area contributed by atoms with Crippen molar-refractivity contribution in [2.75, 3.05) is 5.32 Å². The number of pyridine rings is 1. The predicted octanol–water partition coefficient (Wildman–Crippen LogP) is 2.95. The third-order valence-electron chi connectivity index (χ3n) is 3.19. The van der Waals surface area contributed by atoms with Gasteiger partial charge in [-0.25, -0.2) is 4.98 Å². The monoisotopic (exact) mass is 251 g/mol. The van der Waals surface area contributed by atoms with Gasteiger partial charge in [-0.05, 0) is 25.0 Å². The Morgan fingerprint density at radius 1 is 1.47 bits per heavy atom. The standard InChI is InChI=1S/C13H21N3S/c1-4-10(5-2)9(3)16-13-11(12(14)17)7-6-8-15-13/h6-10H,4-5H2,1-3H3,(H2,14,17)(H,15,16). The van der Waals surface area contributed by atoms with E-state index in [1.807, 2.05) is 12.1 Å². The first-order valence-corrected chi connectivity index (χ1v) is 6.52. The Hall–Kier alpha value is -1.16. The fourth-order valence-electron chi connectivity index (χ4n) is 2.05. The molecule has 0 aliphatic carbocycles. The molecule has 1 aromatic heterocycles. The van der Waals surface area contributed by atoms with Crippen molar-refractivity contribution in [3.05, 3.63) is 23.9 Å². The number of nitrogens with zero attached hydrogens (tertiary/aromatic N) is 1. The smallest absolute Gasteiger partial charge is 0.136 e. The minimum Gasteiger partial charge on any atom is -0.389 e. The van der Waals surface area contributed by atoms with Gasteiger partial charge in [0.25, 0.3) is 0 Å². The summed E-state index contributed by atoms with van der Waals surface area (Å²) < 4.78 is 0. The van der Waals surface area contributed by atoms with E-state index < -0.39 is 0 Å². The van der Waals surface area contributed by atoms with E-state index in [2.05, 4.69) is 31.1 Å². The van der Waals surface area contributed by atoms with Gasteiger partial charge in [-0.2, -0.15) is 0 Å². The first kappa shape index (κ1) is 13.9. The maximum absolute atomic E-state index is 5.68. The minimum absolute atomic E-state index is 0.369. The van der Waals surface area contributed by atoms with E-state index in [4.69, 9.17) is 18.0 Å². The molecule has 0 saturated heterocycles. The van der Waals surface area contributed by atoms with Crippen LogP contribution in [0.5, 0.6) is 0 Å². The molecule has 0 spiro atoms. The third-order valence-corrected chi connectivity index (χ3v) is 3.41. The highest BCUT2D eigenvalue weighted by Gasteiger charge is 2.15. The zero-order chi connectivity index (χ0) is 12.8. The maximum Gasteiger partial charge on any atom is 0.136 e. The Labute approximate surface area is 109 Å². The molecule has 0 saturated carbocycles. The molecule has 1 unspecified atom stereocenters. The van der Waals surface area contributed by atoms with Crippen molar-refractivity contribution in [3.8, 4) is 0 Å². The molecular formula is C13H21N3S. The van der Waals surface area contributed by atoms with Crippen molar-refractivity contribution in [2.24, 2.45) is 11.7 Å². The zero-order valence-electron chi connectivity index (χ0n) is 10.7. The second-order valence-corrected chi connectivity index (χ2v) is 4.71. The Kier molecular flexibility index (Phi) is 5.35. The van der Waals surface area contributed by atoms with Crippen molar-refractivity contribution in [2.45, 2.75) is 39.7 Å². The van der Waals surface area contributed by atoms with Crippen LogP contribution in [0.2, 0.25) is 0 Å². The second kappa shape index (κ2) is 6.55. The van der Waals surface area contributed by atoms with Gasteiger partial charge >= 0.3 is 0 Å². The van der Waals surface area contributed by atoms with E-state index >= 15 is 0 Å². The topological polar surface area (TPSA) is 50.9 Å².